The number of halogens is 5. The smallest absolute Gasteiger partial charge is 0.0624 e. The van der Waals surface area contributed by atoms with Gasteiger partial charge < -0.3 is 0 Å². The molecule has 112 valence electrons. The van der Waals surface area contributed by atoms with Gasteiger partial charge in [0.1, 0.15) is 0 Å². The van der Waals surface area contributed by atoms with Gasteiger partial charge in [0.25, 0.3) is 0 Å². The maximum absolute atomic E-state index is 6.37. The molecule has 0 nitrogen and oxygen atoms in total. The summed E-state index contributed by atoms with van der Waals surface area (Å²) in [6, 6.07) is 14.1. The zero-order valence-electron chi connectivity index (χ0n) is 11.1. The van der Waals surface area contributed by atoms with E-state index in [0.29, 0.717) is 10.0 Å². The van der Waals surface area contributed by atoms with Crippen molar-refractivity contribution in [3.05, 3.63) is 68.1 Å². The van der Waals surface area contributed by atoms with Crippen LogP contribution in [0, 0.1) is 0 Å². The van der Waals surface area contributed by atoms with E-state index in [9.17, 15) is 0 Å². The monoisotopic (exact) mass is 512 g/mol. The third-order valence-corrected chi connectivity index (χ3v) is 7.21. The van der Waals surface area contributed by atoms with Gasteiger partial charge in [-0.1, -0.05) is 101 Å². The lowest BCUT2D eigenvalue weighted by Crippen LogP contribution is -2.33. The van der Waals surface area contributed by atoms with Crippen molar-refractivity contribution in [2.75, 3.05) is 10.7 Å². The summed E-state index contributed by atoms with van der Waals surface area (Å²) in [4.78, 5) is 0. The predicted molar refractivity (Wildman–Crippen MR) is 104 cm³/mol. The highest BCUT2D eigenvalue weighted by molar-refractivity contribution is 9.10. The fraction of sp³-hybridized carbons (Fsp3) is 0.250. The molecule has 0 N–H and O–H groups in total. The Morgan fingerprint density at radius 3 is 2.19 bits per heavy atom. The molecule has 0 bridgehead atoms. The first-order chi connectivity index (χ1) is 10.0. The quantitative estimate of drug-likeness (QED) is 0.375. The van der Waals surface area contributed by atoms with Gasteiger partial charge in [-0.15, -0.1) is 0 Å². The van der Waals surface area contributed by atoms with Gasteiger partial charge >= 0.3 is 0 Å². The number of rotatable bonds is 5. The molecule has 0 saturated heterocycles. The van der Waals surface area contributed by atoms with Gasteiger partial charge in [0.05, 0.1) is 10.0 Å². The summed E-state index contributed by atoms with van der Waals surface area (Å²) in [7, 11) is 0. The van der Waals surface area contributed by atoms with E-state index in [-0.39, 0.29) is 5.41 Å². The second-order valence-electron chi connectivity index (χ2n) is 4.92. The minimum Gasteiger partial charge on any atom is -0.0918 e. The van der Waals surface area contributed by atoms with Gasteiger partial charge in [-0.25, -0.2) is 0 Å². The van der Waals surface area contributed by atoms with Crippen molar-refractivity contribution < 1.29 is 0 Å². The van der Waals surface area contributed by atoms with Crippen molar-refractivity contribution in [1.29, 1.82) is 0 Å². The Balaban J connectivity index is 2.49. The summed E-state index contributed by atoms with van der Waals surface area (Å²) in [5, 5.41) is 2.87. The van der Waals surface area contributed by atoms with Crippen LogP contribution in [-0.2, 0) is 11.8 Å². The summed E-state index contributed by atoms with van der Waals surface area (Å²) < 4.78 is 1.10. The molecule has 0 amide bonds. The maximum atomic E-state index is 6.37. The van der Waals surface area contributed by atoms with Crippen LogP contribution in [0.5, 0.6) is 0 Å². The number of hydrogen-bond donors (Lipinski definition) is 0. The fourth-order valence-electron chi connectivity index (χ4n) is 2.31. The van der Waals surface area contributed by atoms with Crippen LogP contribution < -0.4 is 0 Å². The molecule has 0 unspecified atom stereocenters. The highest BCUT2D eigenvalue weighted by atomic mass is 79.9. The van der Waals surface area contributed by atoms with E-state index in [2.05, 4.69) is 66.0 Å². The van der Waals surface area contributed by atoms with E-state index < -0.39 is 0 Å². The lowest BCUT2D eigenvalue weighted by atomic mass is 9.79. The Kier molecular flexibility index (Phi) is 6.64. The van der Waals surface area contributed by atoms with Crippen LogP contribution >= 0.6 is 71.0 Å². The molecule has 0 spiro atoms. The first-order valence-electron chi connectivity index (χ1n) is 6.34. The Labute approximate surface area is 160 Å². The van der Waals surface area contributed by atoms with Crippen molar-refractivity contribution in [2.45, 2.75) is 11.8 Å². The molecule has 0 fully saturated rings. The van der Waals surface area contributed by atoms with Gasteiger partial charge in [0.15, 0.2) is 0 Å². The molecule has 0 heterocycles. The average Bonchev–Trinajstić information content (AvgIpc) is 2.50. The van der Waals surface area contributed by atoms with Crippen molar-refractivity contribution in [2.24, 2.45) is 0 Å². The molecule has 0 aliphatic carbocycles. The minimum absolute atomic E-state index is 0.103. The van der Waals surface area contributed by atoms with E-state index in [1.807, 2.05) is 24.3 Å². The molecular weight excluding hydrogens is 503 g/mol. The zero-order valence-corrected chi connectivity index (χ0v) is 17.3. The molecule has 2 aromatic rings. The standard InChI is InChI=1S/C16H13Br3Cl2/c17-9-16(10-18,12-5-1-2-6-13(12)19)8-11-4-3-7-14(20)15(11)21/h1-7H,8-10H2. The second-order valence-corrected chi connectivity index (χ2v) is 7.68. The highest BCUT2D eigenvalue weighted by Gasteiger charge is 2.33. The van der Waals surface area contributed by atoms with Gasteiger partial charge in [0, 0.05) is 20.5 Å². The van der Waals surface area contributed by atoms with Crippen LogP contribution in [0.25, 0.3) is 0 Å². The number of alkyl halides is 2. The zero-order chi connectivity index (χ0) is 15.5. The summed E-state index contributed by atoms with van der Waals surface area (Å²) in [5.74, 6) is 0. The van der Waals surface area contributed by atoms with E-state index in [0.717, 1.165) is 27.1 Å². The predicted octanol–water partition coefficient (Wildman–Crippen LogP) is 7.03. The lowest BCUT2D eigenvalue weighted by Gasteiger charge is -2.32. The molecule has 2 rings (SSSR count). The molecule has 2 aromatic carbocycles. The summed E-state index contributed by atoms with van der Waals surface area (Å²) >= 11 is 23.5. The van der Waals surface area contributed by atoms with Crippen molar-refractivity contribution in [1.82, 2.24) is 0 Å². The first kappa shape index (κ1) is 17.8. The van der Waals surface area contributed by atoms with Crippen LogP contribution in [-0.4, -0.2) is 10.7 Å². The van der Waals surface area contributed by atoms with Gasteiger partial charge in [-0.05, 0) is 29.7 Å². The first-order valence-corrected chi connectivity index (χ1v) is 10.1. The van der Waals surface area contributed by atoms with Crippen molar-refractivity contribution in [3.63, 3.8) is 0 Å². The van der Waals surface area contributed by atoms with Crippen molar-refractivity contribution in [3.8, 4) is 0 Å². The van der Waals surface area contributed by atoms with Gasteiger partial charge in [-0.3, -0.25) is 0 Å². The van der Waals surface area contributed by atoms with Crippen LogP contribution in [0.3, 0.4) is 0 Å². The van der Waals surface area contributed by atoms with E-state index >= 15 is 0 Å². The number of benzene rings is 2. The fourth-order valence-corrected chi connectivity index (χ4v) is 5.33. The Morgan fingerprint density at radius 1 is 0.905 bits per heavy atom. The highest BCUT2D eigenvalue weighted by Crippen LogP contribution is 2.39. The molecular formula is C16H13Br3Cl2. The molecule has 21 heavy (non-hydrogen) atoms. The Bertz CT molecular complexity index is 625. The largest absolute Gasteiger partial charge is 0.0918 e. The topological polar surface area (TPSA) is 0 Å². The average molecular weight is 516 g/mol. The van der Waals surface area contributed by atoms with Crippen molar-refractivity contribution >= 4 is 71.0 Å². The summed E-state index contributed by atoms with van der Waals surface area (Å²) in [5.41, 5.74) is 2.20. The molecule has 0 aliphatic rings. The number of hydrogen-bond acceptors (Lipinski definition) is 0. The SMILES string of the molecule is Clc1cccc(CC(CBr)(CBr)c2ccccc2Br)c1Cl. The molecule has 0 atom stereocenters. The van der Waals surface area contributed by atoms with Gasteiger partial charge in [0.2, 0.25) is 0 Å². The van der Waals surface area contributed by atoms with Crippen LogP contribution in [0.1, 0.15) is 11.1 Å². The van der Waals surface area contributed by atoms with E-state index in [4.69, 9.17) is 23.2 Å². The van der Waals surface area contributed by atoms with E-state index in [1.165, 1.54) is 5.56 Å². The van der Waals surface area contributed by atoms with Gasteiger partial charge in [-0.2, -0.15) is 0 Å². The Morgan fingerprint density at radius 2 is 1.57 bits per heavy atom. The van der Waals surface area contributed by atoms with Crippen LogP contribution in [0.15, 0.2) is 46.9 Å². The molecule has 0 aliphatic heterocycles. The molecule has 0 aromatic heterocycles. The Hall–Kier alpha value is 0.460. The summed E-state index contributed by atoms with van der Waals surface area (Å²) in [6.07, 6.45) is 0.797. The molecule has 5 heteroatoms. The third kappa shape index (κ3) is 3.87. The second kappa shape index (κ2) is 7.83. The normalized spacial score (nSPS) is 11.7. The van der Waals surface area contributed by atoms with E-state index in [1.54, 1.807) is 0 Å². The molecule has 0 radical (unpaired) electrons. The van der Waals surface area contributed by atoms with Crippen LogP contribution in [0.2, 0.25) is 10.0 Å². The lowest BCUT2D eigenvalue weighted by molar-refractivity contribution is 0.548. The summed E-state index contributed by atoms with van der Waals surface area (Å²) in [6.45, 7) is 0. The molecule has 0 saturated carbocycles. The van der Waals surface area contributed by atoms with Crippen LogP contribution in [0.4, 0.5) is 0 Å². The minimum atomic E-state index is -0.103. The third-order valence-electron chi connectivity index (χ3n) is 3.52. The maximum Gasteiger partial charge on any atom is 0.0624 e.